The first kappa shape index (κ1) is 15.8. The molecule has 0 amide bonds. The van der Waals surface area contributed by atoms with E-state index in [0.717, 1.165) is 6.20 Å². The van der Waals surface area contributed by atoms with E-state index >= 15 is 0 Å². The summed E-state index contributed by atoms with van der Waals surface area (Å²) >= 11 is 5.81. The van der Waals surface area contributed by atoms with E-state index in [2.05, 4.69) is 5.10 Å². The summed E-state index contributed by atoms with van der Waals surface area (Å²) in [6.07, 6.45) is -3.38. The normalized spacial score (nSPS) is 11.7. The number of anilines is 1. The zero-order valence-electron chi connectivity index (χ0n) is 10.2. The van der Waals surface area contributed by atoms with Gasteiger partial charge in [0.05, 0.1) is 11.9 Å². The van der Waals surface area contributed by atoms with Crippen molar-refractivity contribution in [3.8, 4) is 0 Å². The van der Waals surface area contributed by atoms with E-state index in [0.29, 0.717) is 24.3 Å². The van der Waals surface area contributed by atoms with Crippen LogP contribution in [0.4, 0.5) is 18.9 Å². The fourth-order valence-electron chi connectivity index (χ4n) is 1.56. The Morgan fingerprint density at radius 3 is 2.63 bits per heavy atom. The molecule has 0 unspecified atom stereocenters. The second-order valence-corrected chi connectivity index (χ2v) is 4.17. The molecule has 0 aromatic carbocycles. The van der Waals surface area contributed by atoms with Gasteiger partial charge < -0.3 is 10.6 Å². The third-order valence-electron chi connectivity index (χ3n) is 2.42. The van der Waals surface area contributed by atoms with E-state index in [1.54, 1.807) is 4.90 Å². The fraction of sp³-hybridized carbons (Fsp3) is 0.600. The number of halogens is 4. The summed E-state index contributed by atoms with van der Waals surface area (Å²) in [5.41, 5.74) is 4.73. The molecular weight excluding hydrogens is 285 g/mol. The van der Waals surface area contributed by atoms with Crippen molar-refractivity contribution in [2.45, 2.75) is 19.6 Å². The van der Waals surface area contributed by atoms with E-state index in [-0.39, 0.29) is 10.7 Å². The number of likely N-dealkylation sites (N-methyl/N-ethyl adjacent to an activating group) is 1. The van der Waals surface area contributed by atoms with Gasteiger partial charge in [0.1, 0.15) is 11.6 Å². The Morgan fingerprint density at radius 2 is 2.16 bits per heavy atom. The molecule has 2 N–H and O–H groups in total. The summed E-state index contributed by atoms with van der Waals surface area (Å²) in [6, 6.07) is 0. The highest BCUT2D eigenvalue weighted by molar-refractivity contribution is 6.33. The Hall–Kier alpha value is -1.28. The number of hydrogen-bond donors (Lipinski definition) is 1. The smallest absolute Gasteiger partial charge is 0.368 e. The monoisotopic (exact) mass is 298 g/mol. The minimum atomic E-state index is -4.52. The molecule has 19 heavy (non-hydrogen) atoms. The van der Waals surface area contributed by atoms with E-state index in [9.17, 15) is 18.0 Å². The average Bonchev–Trinajstić information content (AvgIpc) is 2.31. The molecule has 0 bridgehead atoms. The van der Waals surface area contributed by atoms with E-state index in [1.165, 1.54) is 0 Å². The predicted octanol–water partition coefficient (Wildman–Crippen LogP) is 1.24. The Labute approximate surface area is 112 Å². The summed E-state index contributed by atoms with van der Waals surface area (Å²) in [4.78, 5) is 13.4. The van der Waals surface area contributed by atoms with Gasteiger partial charge in [-0.05, 0) is 6.92 Å². The lowest BCUT2D eigenvalue weighted by Gasteiger charge is -2.23. The summed E-state index contributed by atoms with van der Waals surface area (Å²) in [7, 11) is 0. The minimum Gasteiger partial charge on any atom is -0.368 e. The zero-order valence-corrected chi connectivity index (χ0v) is 11.0. The maximum atomic E-state index is 12.2. The van der Waals surface area contributed by atoms with Crippen molar-refractivity contribution < 1.29 is 13.2 Å². The van der Waals surface area contributed by atoms with Crippen LogP contribution in [0, 0.1) is 0 Å². The molecular formula is C10H14ClF3N4O. The fourth-order valence-corrected chi connectivity index (χ4v) is 1.83. The van der Waals surface area contributed by atoms with Crippen molar-refractivity contribution in [2.24, 2.45) is 5.73 Å². The van der Waals surface area contributed by atoms with Crippen LogP contribution >= 0.6 is 11.6 Å². The Balaban J connectivity index is 3.14. The highest BCUT2D eigenvalue weighted by atomic mass is 35.5. The maximum absolute atomic E-state index is 12.2. The van der Waals surface area contributed by atoms with Gasteiger partial charge in [-0.25, -0.2) is 4.68 Å². The molecule has 0 atom stereocenters. The third-order valence-corrected chi connectivity index (χ3v) is 2.77. The van der Waals surface area contributed by atoms with Gasteiger partial charge in [-0.3, -0.25) is 4.79 Å². The molecule has 108 valence electrons. The van der Waals surface area contributed by atoms with Crippen molar-refractivity contribution >= 4 is 17.3 Å². The van der Waals surface area contributed by atoms with Gasteiger partial charge in [0.25, 0.3) is 5.56 Å². The highest BCUT2D eigenvalue weighted by Crippen LogP contribution is 2.22. The highest BCUT2D eigenvalue weighted by Gasteiger charge is 2.30. The quantitative estimate of drug-likeness (QED) is 0.888. The lowest BCUT2D eigenvalue weighted by Crippen LogP contribution is -2.34. The third kappa shape index (κ3) is 4.10. The van der Waals surface area contributed by atoms with Crippen molar-refractivity contribution in [2.75, 3.05) is 24.5 Å². The van der Waals surface area contributed by atoms with E-state index in [1.807, 2.05) is 6.92 Å². The van der Waals surface area contributed by atoms with Crippen LogP contribution < -0.4 is 16.2 Å². The number of alkyl halides is 3. The molecule has 0 fully saturated rings. The molecule has 1 aromatic heterocycles. The number of nitrogens with two attached hydrogens (primary N) is 1. The molecule has 0 radical (unpaired) electrons. The number of nitrogens with zero attached hydrogens (tertiary/aromatic N) is 3. The predicted molar refractivity (Wildman–Crippen MR) is 66.5 cm³/mol. The van der Waals surface area contributed by atoms with Gasteiger partial charge in [-0.1, -0.05) is 11.6 Å². The molecule has 9 heteroatoms. The van der Waals surface area contributed by atoms with Crippen LogP contribution in [-0.4, -0.2) is 35.6 Å². The van der Waals surface area contributed by atoms with E-state index in [4.69, 9.17) is 17.3 Å². The van der Waals surface area contributed by atoms with Crippen LogP contribution in [-0.2, 0) is 6.54 Å². The van der Waals surface area contributed by atoms with Crippen LogP contribution in [0.1, 0.15) is 6.92 Å². The zero-order chi connectivity index (χ0) is 14.6. The average molecular weight is 299 g/mol. The van der Waals surface area contributed by atoms with Gasteiger partial charge in [-0.15, -0.1) is 0 Å². The molecule has 0 saturated carbocycles. The van der Waals surface area contributed by atoms with Gasteiger partial charge in [0.15, 0.2) is 0 Å². The first-order valence-electron chi connectivity index (χ1n) is 5.57. The van der Waals surface area contributed by atoms with Crippen LogP contribution in [0.3, 0.4) is 0 Å². The van der Waals surface area contributed by atoms with Crippen molar-refractivity contribution in [3.63, 3.8) is 0 Å². The maximum Gasteiger partial charge on any atom is 0.408 e. The minimum absolute atomic E-state index is 0.283. The number of hydrogen-bond acceptors (Lipinski definition) is 4. The first-order chi connectivity index (χ1) is 8.80. The molecule has 0 aliphatic rings. The van der Waals surface area contributed by atoms with Gasteiger partial charge in [0.2, 0.25) is 0 Å². The molecule has 0 aliphatic heterocycles. The molecule has 1 aromatic rings. The molecule has 1 rings (SSSR count). The van der Waals surface area contributed by atoms with Crippen LogP contribution in [0.2, 0.25) is 5.02 Å². The molecule has 1 heterocycles. The number of rotatable bonds is 5. The second kappa shape index (κ2) is 6.25. The van der Waals surface area contributed by atoms with Crippen LogP contribution in [0.25, 0.3) is 0 Å². The summed E-state index contributed by atoms with van der Waals surface area (Å²) < 4.78 is 37.0. The molecule has 0 saturated heterocycles. The number of aromatic nitrogens is 2. The molecule has 0 aliphatic carbocycles. The van der Waals surface area contributed by atoms with Crippen LogP contribution in [0.5, 0.6) is 0 Å². The molecule has 5 nitrogen and oxygen atoms in total. The summed E-state index contributed by atoms with van der Waals surface area (Å²) in [5, 5.41) is 3.21. The molecule has 0 spiro atoms. The Morgan fingerprint density at radius 1 is 1.53 bits per heavy atom. The van der Waals surface area contributed by atoms with E-state index < -0.39 is 18.3 Å². The van der Waals surface area contributed by atoms with Crippen molar-refractivity contribution in [1.82, 2.24) is 9.78 Å². The lowest BCUT2D eigenvalue weighted by atomic mass is 10.3. The van der Waals surface area contributed by atoms with Gasteiger partial charge >= 0.3 is 6.18 Å². The Bertz CT molecular complexity index is 489. The standard InChI is InChI=1S/C10H14ClF3N4O/c1-2-17(4-3-15)7-5-16-18(6-10(12,13)14)9(19)8(7)11/h5H,2-4,6,15H2,1H3. The largest absolute Gasteiger partial charge is 0.408 e. The summed E-state index contributed by atoms with van der Waals surface area (Å²) in [5.74, 6) is 0. The summed E-state index contributed by atoms with van der Waals surface area (Å²) in [6.45, 7) is 1.62. The van der Waals surface area contributed by atoms with Crippen molar-refractivity contribution in [1.29, 1.82) is 0 Å². The Kier molecular flexibility index (Phi) is 5.19. The van der Waals surface area contributed by atoms with Crippen LogP contribution in [0.15, 0.2) is 11.0 Å². The van der Waals surface area contributed by atoms with Gasteiger partial charge in [-0.2, -0.15) is 18.3 Å². The lowest BCUT2D eigenvalue weighted by molar-refractivity contribution is -0.143. The van der Waals surface area contributed by atoms with Crippen molar-refractivity contribution in [3.05, 3.63) is 21.6 Å². The topological polar surface area (TPSA) is 64.2 Å². The SMILES string of the molecule is CCN(CCN)c1cnn(CC(F)(F)F)c(=O)c1Cl. The second-order valence-electron chi connectivity index (χ2n) is 3.79. The van der Waals surface area contributed by atoms with Gasteiger partial charge in [0, 0.05) is 19.6 Å². The first-order valence-corrected chi connectivity index (χ1v) is 5.95.